The molecule has 1 saturated heterocycles. The van der Waals surface area contributed by atoms with Crippen LogP contribution >= 0.6 is 0 Å². The maximum Gasteiger partial charge on any atom is 0.327 e. The Balaban J connectivity index is 2.90. The molecule has 96 valence electrons. The largest absolute Gasteiger partial charge is 0.481 e. The van der Waals surface area contributed by atoms with Gasteiger partial charge >= 0.3 is 12.0 Å². The molecule has 0 aliphatic carbocycles. The molecule has 0 aromatic heterocycles. The van der Waals surface area contributed by atoms with Crippen molar-refractivity contribution in [2.75, 3.05) is 13.6 Å². The zero-order valence-corrected chi connectivity index (χ0v) is 10.6. The van der Waals surface area contributed by atoms with Gasteiger partial charge in [0.1, 0.15) is 5.54 Å². The highest BCUT2D eigenvalue weighted by atomic mass is 16.4. The molecule has 1 aliphatic heterocycles. The van der Waals surface area contributed by atoms with E-state index in [1.807, 2.05) is 0 Å². The van der Waals surface area contributed by atoms with Gasteiger partial charge in [-0.3, -0.25) is 14.5 Å². The van der Waals surface area contributed by atoms with Gasteiger partial charge in [-0.2, -0.15) is 0 Å². The molecule has 0 aromatic carbocycles. The highest BCUT2D eigenvalue weighted by molar-refractivity contribution is 6.06. The molecule has 1 unspecified atom stereocenters. The highest BCUT2D eigenvalue weighted by Crippen LogP contribution is 2.26. The second-order valence-electron chi connectivity index (χ2n) is 4.76. The van der Waals surface area contributed by atoms with Gasteiger partial charge in [0, 0.05) is 13.6 Å². The molecular weight excluding hydrogens is 224 g/mol. The number of carbonyl (C=O) groups is 3. The molecule has 6 heteroatoms. The summed E-state index contributed by atoms with van der Waals surface area (Å²) in [4.78, 5) is 37.1. The monoisotopic (exact) mass is 242 g/mol. The molecule has 17 heavy (non-hydrogen) atoms. The van der Waals surface area contributed by atoms with E-state index in [9.17, 15) is 14.4 Å². The second-order valence-corrected chi connectivity index (χ2v) is 4.76. The highest BCUT2D eigenvalue weighted by Gasteiger charge is 2.49. The van der Waals surface area contributed by atoms with Crippen LogP contribution < -0.4 is 0 Å². The topological polar surface area (TPSA) is 77.9 Å². The summed E-state index contributed by atoms with van der Waals surface area (Å²) in [6.45, 7) is 4.96. The summed E-state index contributed by atoms with van der Waals surface area (Å²) in [5, 5.41) is 8.94. The van der Waals surface area contributed by atoms with Crippen molar-refractivity contribution in [1.29, 1.82) is 0 Å². The normalized spacial score (nSPS) is 20.9. The maximum absolute atomic E-state index is 12.0. The van der Waals surface area contributed by atoms with E-state index in [0.29, 0.717) is 6.42 Å². The fourth-order valence-corrected chi connectivity index (χ4v) is 1.74. The van der Waals surface area contributed by atoms with Crippen LogP contribution in [0.5, 0.6) is 0 Å². The number of hydrogen-bond acceptors (Lipinski definition) is 3. The Morgan fingerprint density at radius 2 is 1.94 bits per heavy atom. The van der Waals surface area contributed by atoms with Crippen LogP contribution in [0.15, 0.2) is 0 Å². The lowest BCUT2D eigenvalue weighted by Crippen LogP contribution is -2.42. The summed E-state index contributed by atoms with van der Waals surface area (Å²) in [6, 6.07) is -0.431. The molecule has 0 spiro atoms. The first kappa shape index (κ1) is 13.5. The number of carboxylic acids is 1. The summed E-state index contributed by atoms with van der Waals surface area (Å²) in [5.74, 6) is -2.03. The van der Waals surface area contributed by atoms with E-state index < -0.39 is 23.5 Å². The van der Waals surface area contributed by atoms with Gasteiger partial charge in [-0.15, -0.1) is 0 Å². The number of carbonyl (C=O) groups excluding carboxylic acids is 2. The lowest BCUT2D eigenvalue weighted by molar-refractivity contribution is -0.143. The molecular formula is C11H18N2O4. The van der Waals surface area contributed by atoms with Gasteiger partial charge in [0.15, 0.2) is 0 Å². The van der Waals surface area contributed by atoms with Crippen molar-refractivity contribution in [2.24, 2.45) is 5.92 Å². The third-order valence-electron chi connectivity index (χ3n) is 3.37. The van der Waals surface area contributed by atoms with E-state index in [-0.39, 0.29) is 12.5 Å². The molecule has 6 nitrogen and oxygen atoms in total. The third kappa shape index (κ3) is 2.11. The van der Waals surface area contributed by atoms with Gasteiger partial charge in [0.2, 0.25) is 0 Å². The van der Waals surface area contributed by atoms with E-state index in [1.165, 1.54) is 4.90 Å². The van der Waals surface area contributed by atoms with Crippen LogP contribution in [0.2, 0.25) is 0 Å². The van der Waals surface area contributed by atoms with Gasteiger partial charge in [-0.1, -0.05) is 6.92 Å². The number of urea groups is 1. The molecule has 0 aromatic rings. The van der Waals surface area contributed by atoms with E-state index in [2.05, 4.69) is 0 Å². The summed E-state index contributed by atoms with van der Waals surface area (Å²) < 4.78 is 0. The number of imide groups is 1. The first-order chi connectivity index (χ1) is 7.73. The number of amides is 3. The van der Waals surface area contributed by atoms with Crippen LogP contribution in [-0.2, 0) is 9.59 Å². The first-order valence-corrected chi connectivity index (χ1v) is 5.56. The third-order valence-corrected chi connectivity index (χ3v) is 3.37. The minimum Gasteiger partial charge on any atom is -0.481 e. The lowest BCUT2D eigenvalue weighted by atomic mass is 10.0. The lowest BCUT2D eigenvalue weighted by Gasteiger charge is -2.22. The summed E-state index contributed by atoms with van der Waals surface area (Å²) in [6.07, 6.45) is 0.385. The Morgan fingerprint density at radius 3 is 2.24 bits per heavy atom. The van der Waals surface area contributed by atoms with Crippen molar-refractivity contribution in [2.45, 2.75) is 32.7 Å². The number of nitrogens with zero attached hydrogens (tertiary/aromatic N) is 2. The van der Waals surface area contributed by atoms with Crippen molar-refractivity contribution in [3.63, 3.8) is 0 Å². The second kappa shape index (κ2) is 4.35. The quantitative estimate of drug-likeness (QED) is 0.738. The van der Waals surface area contributed by atoms with Crippen molar-refractivity contribution < 1.29 is 19.5 Å². The van der Waals surface area contributed by atoms with Crippen molar-refractivity contribution in [3.05, 3.63) is 0 Å². The standard InChI is InChI=1S/C11H18N2O4/c1-5-7(8(14)15)6-13-9(16)11(2,3)12(4)10(13)17/h7H,5-6H2,1-4H3,(H,14,15). The van der Waals surface area contributed by atoms with Crippen LogP contribution in [0, 0.1) is 5.92 Å². The number of rotatable bonds is 4. The Bertz CT molecular complexity index is 364. The van der Waals surface area contributed by atoms with Crippen LogP contribution in [0.25, 0.3) is 0 Å². The molecule has 0 bridgehead atoms. The van der Waals surface area contributed by atoms with Gasteiger partial charge in [-0.25, -0.2) is 4.79 Å². The zero-order valence-electron chi connectivity index (χ0n) is 10.6. The van der Waals surface area contributed by atoms with Crippen molar-refractivity contribution >= 4 is 17.9 Å². The Morgan fingerprint density at radius 1 is 1.41 bits per heavy atom. The average Bonchev–Trinajstić information content (AvgIpc) is 2.39. The summed E-state index contributed by atoms with van der Waals surface area (Å²) in [7, 11) is 1.54. The number of hydrogen-bond donors (Lipinski definition) is 1. The number of aliphatic carboxylic acids is 1. The van der Waals surface area contributed by atoms with Gasteiger partial charge in [0.25, 0.3) is 5.91 Å². The molecule has 1 heterocycles. The molecule has 1 aliphatic rings. The van der Waals surface area contributed by atoms with Crippen LogP contribution in [-0.4, -0.2) is 51.9 Å². The van der Waals surface area contributed by atoms with Crippen LogP contribution in [0.4, 0.5) is 4.79 Å². The smallest absolute Gasteiger partial charge is 0.327 e. The fourth-order valence-electron chi connectivity index (χ4n) is 1.74. The van der Waals surface area contributed by atoms with Crippen molar-refractivity contribution in [1.82, 2.24) is 9.80 Å². The number of likely N-dealkylation sites (N-methyl/N-ethyl adjacent to an activating group) is 1. The molecule has 1 atom stereocenters. The predicted molar refractivity (Wildman–Crippen MR) is 60.4 cm³/mol. The molecule has 1 fully saturated rings. The van der Waals surface area contributed by atoms with Crippen molar-refractivity contribution in [3.8, 4) is 0 Å². The van der Waals surface area contributed by atoms with E-state index in [0.717, 1.165) is 4.90 Å². The van der Waals surface area contributed by atoms with Gasteiger partial charge in [0.05, 0.1) is 5.92 Å². The SMILES string of the molecule is CCC(CN1C(=O)N(C)C(C)(C)C1=O)C(=O)O. The maximum atomic E-state index is 12.0. The van der Waals surface area contributed by atoms with Crippen LogP contribution in [0.1, 0.15) is 27.2 Å². The minimum atomic E-state index is -0.986. The first-order valence-electron chi connectivity index (χ1n) is 5.56. The summed E-state index contributed by atoms with van der Waals surface area (Å²) in [5.41, 5.74) is -0.895. The molecule has 3 amide bonds. The molecule has 1 N–H and O–H groups in total. The Labute approximate surface area is 100 Å². The predicted octanol–water partition coefficient (Wildman–Crippen LogP) is 0.770. The Kier molecular flexibility index (Phi) is 3.45. The van der Waals surface area contributed by atoms with Gasteiger partial charge < -0.3 is 10.0 Å². The van der Waals surface area contributed by atoms with Crippen LogP contribution in [0.3, 0.4) is 0 Å². The molecule has 1 rings (SSSR count). The fraction of sp³-hybridized carbons (Fsp3) is 0.727. The van der Waals surface area contributed by atoms with E-state index in [4.69, 9.17) is 5.11 Å². The Hall–Kier alpha value is -1.59. The molecule has 0 saturated carbocycles. The zero-order chi connectivity index (χ0) is 13.4. The minimum absolute atomic E-state index is 0.0583. The van der Waals surface area contributed by atoms with Gasteiger partial charge in [-0.05, 0) is 20.3 Å². The number of carboxylic acid groups (broad SMARTS) is 1. The van der Waals surface area contributed by atoms with E-state index >= 15 is 0 Å². The molecule has 0 radical (unpaired) electrons. The van der Waals surface area contributed by atoms with E-state index in [1.54, 1.807) is 27.8 Å². The summed E-state index contributed by atoms with van der Waals surface area (Å²) >= 11 is 0. The average molecular weight is 242 g/mol.